The van der Waals surface area contributed by atoms with Crippen LogP contribution in [0, 0.1) is 0 Å². The Morgan fingerprint density at radius 3 is 1.74 bits per heavy atom. The van der Waals surface area contributed by atoms with Crippen molar-refractivity contribution in [3.63, 3.8) is 0 Å². The molecular formula is C25H27NO. The maximum absolute atomic E-state index is 12.4. The fourth-order valence-corrected chi connectivity index (χ4v) is 4.50. The Morgan fingerprint density at radius 1 is 0.741 bits per heavy atom. The average molecular weight is 357 g/mol. The summed E-state index contributed by atoms with van der Waals surface area (Å²) in [6, 6.07) is 31.0. The number of nitrogens with one attached hydrogen (secondary N) is 1. The summed E-state index contributed by atoms with van der Waals surface area (Å²) in [6.07, 6.45) is 3.47. The molecule has 2 nitrogen and oxygen atoms in total. The summed E-state index contributed by atoms with van der Waals surface area (Å²) in [6.45, 7) is 1.01. The van der Waals surface area contributed by atoms with E-state index in [1.807, 2.05) is 66.7 Å². The molecule has 0 amide bonds. The van der Waals surface area contributed by atoms with Crippen molar-refractivity contribution in [2.75, 3.05) is 6.54 Å². The first-order chi connectivity index (χ1) is 13.3. The highest BCUT2D eigenvalue weighted by Crippen LogP contribution is 2.45. The van der Waals surface area contributed by atoms with Gasteiger partial charge in [0.05, 0.1) is 0 Å². The summed E-state index contributed by atoms with van der Waals surface area (Å²) in [4.78, 5) is 0. The van der Waals surface area contributed by atoms with Gasteiger partial charge in [-0.1, -0.05) is 97.4 Å². The van der Waals surface area contributed by atoms with Crippen LogP contribution in [0.15, 0.2) is 91.0 Å². The Hall–Kier alpha value is -2.42. The monoisotopic (exact) mass is 357 g/mol. The minimum Gasteiger partial charge on any atom is -0.380 e. The maximum atomic E-state index is 12.4. The molecule has 0 radical (unpaired) electrons. The second kappa shape index (κ2) is 8.08. The van der Waals surface area contributed by atoms with E-state index >= 15 is 0 Å². The van der Waals surface area contributed by atoms with E-state index in [0.717, 1.165) is 24.1 Å². The van der Waals surface area contributed by atoms with E-state index in [2.05, 4.69) is 29.6 Å². The summed E-state index contributed by atoms with van der Waals surface area (Å²) in [5.74, 6) is -0.0659. The number of aliphatic hydroxyl groups is 1. The fraction of sp³-hybridized carbons (Fsp3) is 0.280. The van der Waals surface area contributed by atoms with E-state index in [0.29, 0.717) is 0 Å². The van der Waals surface area contributed by atoms with Gasteiger partial charge in [0.1, 0.15) is 5.60 Å². The molecule has 0 saturated carbocycles. The van der Waals surface area contributed by atoms with Crippen LogP contribution in [0.25, 0.3) is 0 Å². The molecule has 1 heterocycles. The Balaban J connectivity index is 1.91. The van der Waals surface area contributed by atoms with Crippen LogP contribution in [0.1, 0.15) is 41.9 Å². The maximum Gasteiger partial charge on any atom is 0.123 e. The van der Waals surface area contributed by atoms with Gasteiger partial charge in [-0.2, -0.15) is 0 Å². The van der Waals surface area contributed by atoms with Crippen molar-refractivity contribution >= 4 is 0 Å². The van der Waals surface area contributed by atoms with E-state index in [1.165, 1.54) is 18.4 Å². The topological polar surface area (TPSA) is 32.3 Å². The van der Waals surface area contributed by atoms with Gasteiger partial charge in [0, 0.05) is 12.0 Å². The molecule has 138 valence electrons. The van der Waals surface area contributed by atoms with E-state index in [1.54, 1.807) is 0 Å². The number of rotatable bonds is 5. The molecule has 0 spiro atoms. The Kier molecular flexibility index (Phi) is 5.38. The lowest BCUT2D eigenvalue weighted by Crippen LogP contribution is -2.48. The quantitative estimate of drug-likeness (QED) is 0.684. The zero-order chi connectivity index (χ0) is 18.5. The molecule has 3 aromatic rings. The van der Waals surface area contributed by atoms with Gasteiger partial charge in [-0.15, -0.1) is 0 Å². The van der Waals surface area contributed by atoms with Crippen molar-refractivity contribution in [3.8, 4) is 0 Å². The smallest absolute Gasteiger partial charge is 0.123 e. The summed E-state index contributed by atoms with van der Waals surface area (Å²) in [7, 11) is 0. The average Bonchev–Trinajstić information content (AvgIpc) is 2.76. The number of hydrogen-bond donors (Lipinski definition) is 2. The third-order valence-corrected chi connectivity index (χ3v) is 5.79. The largest absolute Gasteiger partial charge is 0.380 e. The standard InChI is InChI=1S/C25H27NO/c27-25(21-14-6-2-7-15-21,22-16-8-3-9-17-22)24(20-12-4-1-5-13-20)23-18-10-11-19-26-23/h1-9,12-17,23-24,26-27H,10-11,18-19H2. The Labute approximate surface area is 161 Å². The molecule has 0 aromatic heterocycles. The number of hydrogen-bond acceptors (Lipinski definition) is 2. The van der Waals surface area contributed by atoms with E-state index in [-0.39, 0.29) is 12.0 Å². The van der Waals surface area contributed by atoms with Crippen molar-refractivity contribution in [2.24, 2.45) is 0 Å². The molecule has 2 heteroatoms. The molecule has 1 fully saturated rings. The zero-order valence-corrected chi connectivity index (χ0v) is 15.6. The van der Waals surface area contributed by atoms with Gasteiger partial charge in [-0.25, -0.2) is 0 Å². The first-order valence-corrected chi connectivity index (χ1v) is 9.92. The van der Waals surface area contributed by atoms with E-state index in [9.17, 15) is 5.11 Å². The van der Waals surface area contributed by atoms with Crippen molar-refractivity contribution < 1.29 is 5.11 Å². The molecule has 0 bridgehead atoms. The first kappa shape index (κ1) is 18.0. The van der Waals surface area contributed by atoms with Gasteiger partial charge >= 0.3 is 0 Å². The number of benzene rings is 3. The van der Waals surface area contributed by atoms with Crippen LogP contribution in [0.4, 0.5) is 0 Å². The highest BCUT2D eigenvalue weighted by molar-refractivity contribution is 5.43. The summed E-state index contributed by atoms with van der Waals surface area (Å²) in [5, 5.41) is 16.1. The van der Waals surface area contributed by atoms with Crippen LogP contribution in [0.5, 0.6) is 0 Å². The van der Waals surface area contributed by atoms with Crippen molar-refractivity contribution in [2.45, 2.75) is 36.8 Å². The predicted molar refractivity (Wildman–Crippen MR) is 111 cm³/mol. The highest BCUT2D eigenvalue weighted by atomic mass is 16.3. The van der Waals surface area contributed by atoms with Gasteiger partial charge < -0.3 is 10.4 Å². The Bertz CT molecular complexity index is 786. The minimum absolute atomic E-state index is 0.0659. The Morgan fingerprint density at radius 2 is 1.26 bits per heavy atom. The molecule has 2 atom stereocenters. The van der Waals surface area contributed by atoms with Crippen molar-refractivity contribution in [1.29, 1.82) is 0 Å². The molecule has 1 aliphatic rings. The molecule has 3 aromatic carbocycles. The van der Waals surface area contributed by atoms with Gasteiger partial charge in [-0.05, 0) is 36.1 Å². The normalized spacial score (nSPS) is 18.8. The molecule has 2 unspecified atom stereocenters. The second-order valence-electron chi connectivity index (χ2n) is 7.44. The van der Waals surface area contributed by atoms with Gasteiger partial charge in [0.25, 0.3) is 0 Å². The lowest BCUT2D eigenvalue weighted by molar-refractivity contribution is 0.0302. The molecule has 2 N–H and O–H groups in total. The molecule has 4 rings (SSSR count). The minimum atomic E-state index is -1.10. The second-order valence-corrected chi connectivity index (χ2v) is 7.44. The third-order valence-electron chi connectivity index (χ3n) is 5.79. The molecule has 1 aliphatic heterocycles. The van der Waals surface area contributed by atoms with Crippen LogP contribution in [-0.2, 0) is 5.60 Å². The van der Waals surface area contributed by atoms with Crippen molar-refractivity contribution in [1.82, 2.24) is 5.32 Å². The van der Waals surface area contributed by atoms with Gasteiger partial charge in [0.2, 0.25) is 0 Å². The van der Waals surface area contributed by atoms with Crippen LogP contribution < -0.4 is 5.32 Å². The van der Waals surface area contributed by atoms with Crippen molar-refractivity contribution in [3.05, 3.63) is 108 Å². The number of piperidine rings is 1. The molecule has 1 saturated heterocycles. The van der Waals surface area contributed by atoms with Crippen LogP contribution >= 0.6 is 0 Å². The van der Waals surface area contributed by atoms with E-state index in [4.69, 9.17) is 0 Å². The van der Waals surface area contributed by atoms with E-state index < -0.39 is 5.60 Å². The molecule has 27 heavy (non-hydrogen) atoms. The predicted octanol–water partition coefficient (Wildman–Crippen LogP) is 4.85. The van der Waals surface area contributed by atoms with Crippen LogP contribution in [-0.4, -0.2) is 17.7 Å². The van der Waals surface area contributed by atoms with Gasteiger partial charge in [-0.3, -0.25) is 0 Å². The molecular weight excluding hydrogens is 330 g/mol. The summed E-state index contributed by atoms with van der Waals surface area (Å²) < 4.78 is 0. The SMILES string of the molecule is OC(c1ccccc1)(c1ccccc1)C(c1ccccc1)C1CCCCN1. The van der Waals surface area contributed by atoms with Gasteiger partial charge in [0.15, 0.2) is 0 Å². The fourth-order valence-electron chi connectivity index (χ4n) is 4.50. The zero-order valence-electron chi connectivity index (χ0n) is 15.6. The lowest BCUT2D eigenvalue weighted by Gasteiger charge is -2.43. The van der Waals surface area contributed by atoms with Crippen LogP contribution in [0.3, 0.4) is 0 Å². The highest BCUT2D eigenvalue weighted by Gasteiger charge is 2.45. The lowest BCUT2D eigenvalue weighted by atomic mass is 9.68. The summed E-state index contributed by atoms with van der Waals surface area (Å²) >= 11 is 0. The third kappa shape index (κ3) is 3.55. The first-order valence-electron chi connectivity index (χ1n) is 9.92. The van der Waals surface area contributed by atoms with Crippen LogP contribution in [0.2, 0.25) is 0 Å². The molecule has 0 aliphatic carbocycles. The summed E-state index contributed by atoms with van der Waals surface area (Å²) in [5.41, 5.74) is 1.96.